The van der Waals surface area contributed by atoms with E-state index in [1.807, 2.05) is 11.9 Å². The number of alkyl halides is 1. The predicted molar refractivity (Wildman–Crippen MR) is 137 cm³/mol. The van der Waals surface area contributed by atoms with Gasteiger partial charge < -0.3 is 19.5 Å². The van der Waals surface area contributed by atoms with Crippen molar-refractivity contribution in [2.24, 2.45) is 10.8 Å². The van der Waals surface area contributed by atoms with E-state index in [0.29, 0.717) is 22.6 Å². The molecule has 2 aliphatic rings. The first-order chi connectivity index (χ1) is 17.7. The fourth-order valence-corrected chi connectivity index (χ4v) is 6.26. The highest BCUT2D eigenvalue weighted by Gasteiger charge is 2.54. The number of aromatic nitrogens is 5. The van der Waals surface area contributed by atoms with Gasteiger partial charge in [0.1, 0.15) is 11.9 Å². The Morgan fingerprint density at radius 3 is 2.51 bits per heavy atom. The zero-order valence-corrected chi connectivity index (χ0v) is 21.9. The first kappa shape index (κ1) is 25.1. The number of ether oxygens (including phenoxy) is 2. The van der Waals surface area contributed by atoms with Crippen molar-refractivity contribution in [1.29, 1.82) is 0 Å². The third kappa shape index (κ3) is 4.53. The first-order valence-corrected chi connectivity index (χ1v) is 12.5. The van der Waals surface area contributed by atoms with Crippen molar-refractivity contribution in [1.82, 2.24) is 25.1 Å². The molecule has 9 nitrogen and oxygen atoms in total. The molecule has 5 rings (SSSR count). The van der Waals surface area contributed by atoms with Gasteiger partial charge in [-0.15, -0.1) is 10.2 Å². The summed E-state index contributed by atoms with van der Waals surface area (Å²) in [6.45, 7) is 4.37. The highest BCUT2D eigenvalue weighted by atomic mass is 19.1. The summed E-state index contributed by atoms with van der Waals surface area (Å²) < 4.78 is 26.1. The molecule has 1 N–H and O–H groups in total. The van der Waals surface area contributed by atoms with E-state index in [1.54, 1.807) is 24.4 Å². The number of hydrogen-bond acceptors (Lipinski definition) is 9. The number of benzene rings is 1. The van der Waals surface area contributed by atoms with E-state index in [-0.39, 0.29) is 40.2 Å². The zero-order chi connectivity index (χ0) is 26.4. The second-order valence-corrected chi connectivity index (χ2v) is 10.9. The van der Waals surface area contributed by atoms with Crippen LogP contribution in [0, 0.1) is 10.8 Å². The molecule has 10 heteroatoms. The van der Waals surface area contributed by atoms with Crippen LogP contribution in [-0.2, 0) is 0 Å². The van der Waals surface area contributed by atoms with E-state index in [1.165, 1.54) is 20.4 Å². The molecule has 1 aromatic carbocycles. The lowest BCUT2D eigenvalue weighted by molar-refractivity contribution is -0.0540. The maximum Gasteiger partial charge on any atom is 0.278 e. The molecular weight excluding hydrogens is 475 g/mol. The van der Waals surface area contributed by atoms with Crippen LogP contribution in [0.5, 0.6) is 17.5 Å². The Bertz CT molecular complexity index is 1290. The molecule has 0 spiro atoms. The summed E-state index contributed by atoms with van der Waals surface area (Å²) in [5.74, 6) is 1.28. The lowest BCUT2D eigenvalue weighted by atomic mass is 9.54. The molecule has 196 valence electrons. The Kier molecular flexibility index (Phi) is 6.37. The zero-order valence-electron chi connectivity index (χ0n) is 21.9. The number of aromatic hydroxyl groups is 1. The molecule has 0 saturated heterocycles. The topological polar surface area (TPSA) is 106 Å². The molecule has 3 aromatic rings. The number of phenolic OH excluding ortho intramolecular Hbond substituents is 1. The van der Waals surface area contributed by atoms with Crippen LogP contribution in [0.2, 0.25) is 0 Å². The summed E-state index contributed by atoms with van der Waals surface area (Å²) in [5, 5.41) is 19.3. The fraction of sp³-hybridized carbons (Fsp3) is 0.519. The molecule has 2 aromatic heterocycles. The van der Waals surface area contributed by atoms with E-state index >= 15 is 4.39 Å². The van der Waals surface area contributed by atoms with E-state index in [4.69, 9.17) is 9.47 Å². The fourth-order valence-electron chi connectivity index (χ4n) is 6.26. The van der Waals surface area contributed by atoms with Gasteiger partial charge in [0.25, 0.3) is 11.8 Å². The third-order valence-electron chi connectivity index (χ3n) is 8.10. The van der Waals surface area contributed by atoms with Gasteiger partial charge >= 0.3 is 0 Å². The first-order valence-electron chi connectivity index (χ1n) is 12.5. The van der Waals surface area contributed by atoms with Crippen LogP contribution >= 0.6 is 0 Å². The second kappa shape index (κ2) is 9.39. The summed E-state index contributed by atoms with van der Waals surface area (Å²) >= 11 is 0. The summed E-state index contributed by atoms with van der Waals surface area (Å²) in [6, 6.07) is 4.76. The maximum atomic E-state index is 15.7. The van der Waals surface area contributed by atoms with Gasteiger partial charge in [-0.3, -0.25) is 0 Å². The average Bonchev–Trinajstić information content (AvgIpc) is 2.90. The molecular formula is C27H33FN6O3. The van der Waals surface area contributed by atoms with Crippen LogP contribution < -0.4 is 14.4 Å². The van der Waals surface area contributed by atoms with Crippen molar-refractivity contribution >= 4 is 5.82 Å². The standard InChI is InChI=1S/C27H33FN6O3/c1-26-9-6-10-27(2,15-26)22(28)19(12-26)34(3)21-14-29-23(33-32-21)17-8-7-16(11-20(17)35)18-13-30-24(36-4)25(31-18)37-5/h7-8,11,13-14,19,22,35H,6,9-10,12,15H2,1-5H3/t19-,22-,26-,27-/m1/s1. The van der Waals surface area contributed by atoms with E-state index in [9.17, 15) is 5.11 Å². The average molecular weight is 509 g/mol. The monoisotopic (exact) mass is 508 g/mol. The van der Waals surface area contributed by atoms with E-state index < -0.39 is 6.17 Å². The Balaban J connectivity index is 1.37. The van der Waals surface area contributed by atoms with Crippen molar-refractivity contribution in [3.63, 3.8) is 0 Å². The number of phenols is 1. The SMILES string of the molecule is COc1ncc(-c2ccc(-c3ncc(N(C)[C@@H]4C[C@@]5(C)CCC[C@](C)(C5)[C@@H]4F)nn3)c(O)c2)nc1OC. The number of halogens is 1. The number of anilines is 1. The van der Waals surface area contributed by atoms with E-state index in [0.717, 1.165) is 32.1 Å². The molecule has 2 bridgehead atoms. The van der Waals surface area contributed by atoms with Crippen molar-refractivity contribution in [3.05, 3.63) is 30.6 Å². The lowest BCUT2D eigenvalue weighted by Gasteiger charge is -2.55. The van der Waals surface area contributed by atoms with Gasteiger partial charge in [0.05, 0.1) is 43.9 Å². The van der Waals surface area contributed by atoms with Crippen LogP contribution in [0.25, 0.3) is 22.6 Å². The highest BCUT2D eigenvalue weighted by molar-refractivity contribution is 5.71. The molecule has 2 saturated carbocycles. The summed E-state index contributed by atoms with van der Waals surface area (Å²) in [4.78, 5) is 14.9. The van der Waals surface area contributed by atoms with Crippen molar-refractivity contribution in [3.8, 4) is 40.2 Å². The van der Waals surface area contributed by atoms with Crippen molar-refractivity contribution in [2.45, 2.75) is 58.2 Å². The number of rotatable bonds is 6. The summed E-state index contributed by atoms with van der Waals surface area (Å²) in [6.07, 6.45) is 7.04. The van der Waals surface area contributed by atoms with Crippen LogP contribution in [-0.4, -0.2) is 63.7 Å². The molecule has 2 fully saturated rings. The Morgan fingerprint density at radius 1 is 1.05 bits per heavy atom. The van der Waals surface area contributed by atoms with Gasteiger partial charge in [-0.25, -0.2) is 19.3 Å². The number of fused-ring (bicyclic) bond motifs is 2. The van der Waals surface area contributed by atoms with E-state index in [2.05, 4.69) is 39.0 Å². The van der Waals surface area contributed by atoms with Crippen molar-refractivity contribution < 1.29 is 19.0 Å². The minimum Gasteiger partial charge on any atom is -0.507 e. The van der Waals surface area contributed by atoms with Crippen LogP contribution in [0.4, 0.5) is 10.2 Å². The molecule has 37 heavy (non-hydrogen) atoms. The summed E-state index contributed by atoms with van der Waals surface area (Å²) in [5.41, 5.74) is 1.40. The lowest BCUT2D eigenvalue weighted by Crippen LogP contribution is -2.57. The molecule has 0 radical (unpaired) electrons. The van der Waals surface area contributed by atoms with Gasteiger partial charge in [0.2, 0.25) is 0 Å². The number of hydrogen-bond donors (Lipinski definition) is 1. The number of methoxy groups -OCH3 is 2. The molecule has 0 aliphatic heterocycles. The predicted octanol–water partition coefficient (Wildman–Crippen LogP) is 4.85. The van der Waals surface area contributed by atoms with Crippen LogP contribution in [0.1, 0.15) is 46.0 Å². The maximum absolute atomic E-state index is 15.7. The van der Waals surface area contributed by atoms with Gasteiger partial charge in [0.15, 0.2) is 11.6 Å². The largest absolute Gasteiger partial charge is 0.507 e. The highest BCUT2D eigenvalue weighted by Crippen LogP contribution is 2.57. The number of nitrogens with zero attached hydrogens (tertiary/aromatic N) is 6. The minimum atomic E-state index is -0.941. The Hall–Kier alpha value is -3.56. The molecule has 0 unspecified atom stereocenters. The van der Waals surface area contributed by atoms with Crippen molar-refractivity contribution in [2.75, 3.05) is 26.2 Å². The molecule has 0 amide bonds. The Labute approximate surface area is 216 Å². The Morgan fingerprint density at radius 2 is 1.84 bits per heavy atom. The third-order valence-corrected chi connectivity index (χ3v) is 8.10. The quantitative estimate of drug-likeness (QED) is 0.500. The minimum absolute atomic E-state index is 0.0261. The molecule has 2 aliphatic carbocycles. The van der Waals surface area contributed by atoms with Gasteiger partial charge in [0, 0.05) is 18.0 Å². The molecule has 2 heterocycles. The van der Waals surface area contributed by atoms with Crippen LogP contribution in [0.3, 0.4) is 0 Å². The normalized spacial score (nSPS) is 27.0. The smallest absolute Gasteiger partial charge is 0.278 e. The van der Waals surface area contributed by atoms with Crippen LogP contribution in [0.15, 0.2) is 30.6 Å². The summed E-state index contributed by atoms with van der Waals surface area (Å²) in [7, 11) is 4.84. The molecule has 4 atom stereocenters. The van der Waals surface area contributed by atoms with Gasteiger partial charge in [-0.05, 0) is 43.2 Å². The van der Waals surface area contributed by atoms with Gasteiger partial charge in [-0.2, -0.15) is 0 Å². The van der Waals surface area contributed by atoms with Gasteiger partial charge in [-0.1, -0.05) is 26.3 Å². The second-order valence-electron chi connectivity index (χ2n) is 10.9.